The molecule has 3 heterocycles. The second kappa shape index (κ2) is 7.42. The molecular weight excluding hydrogens is 362 g/mol. The first-order chi connectivity index (χ1) is 12.7. The third kappa shape index (κ3) is 3.42. The normalized spacial score (nSPS) is 13.8. The molecule has 0 spiro atoms. The lowest BCUT2D eigenvalue weighted by Gasteiger charge is -2.26. The Bertz CT molecular complexity index is 955. The molecule has 1 N–H and O–H groups in total. The molecule has 3 aromatic rings. The number of nitrogens with zero attached hydrogens (tertiary/aromatic N) is 2. The third-order valence-corrected chi connectivity index (χ3v) is 6.47. The monoisotopic (exact) mass is 379 g/mol. The number of hydrogen-bond acceptors (Lipinski definition) is 5. The van der Waals surface area contributed by atoms with Gasteiger partial charge in [-0.25, -0.2) is 0 Å². The standard InChI is InChI=1S/C20H17N3OS2/c21-11-16-15-8-9-23(12-14-5-2-1-3-6-14)13-18(15)26-20(16)22-19(24)17-7-4-10-25-17/h1-7,10H,8-9,12-13H2,(H,22,24). The van der Waals surface area contributed by atoms with Crippen molar-refractivity contribution in [1.82, 2.24) is 4.90 Å². The van der Waals surface area contributed by atoms with Gasteiger partial charge in [0.25, 0.3) is 5.91 Å². The lowest BCUT2D eigenvalue weighted by molar-refractivity contribution is 0.103. The van der Waals surface area contributed by atoms with Crippen LogP contribution in [-0.2, 0) is 19.5 Å². The topological polar surface area (TPSA) is 56.1 Å². The summed E-state index contributed by atoms with van der Waals surface area (Å²) in [6.07, 6.45) is 0.844. The van der Waals surface area contributed by atoms with Crippen molar-refractivity contribution in [2.75, 3.05) is 11.9 Å². The molecule has 1 aromatic carbocycles. The summed E-state index contributed by atoms with van der Waals surface area (Å²) >= 11 is 2.94. The molecule has 0 aliphatic carbocycles. The van der Waals surface area contributed by atoms with Gasteiger partial charge in [0.05, 0.1) is 10.4 Å². The maximum Gasteiger partial charge on any atom is 0.266 e. The molecule has 0 bridgehead atoms. The molecule has 0 saturated carbocycles. The quantitative estimate of drug-likeness (QED) is 0.726. The Kier molecular flexibility index (Phi) is 4.85. The molecule has 4 rings (SSSR count). The molecule has 0 atom stereocenters. The van der Waals surface area contributed by atoms with Crippen LogP contribution < -0.4 is 5.32 Å². The van der Waals surface area contributed by atoms with Gasteiger partial charge in [-0.15, -0.1) is 22.7 Å². The highest BCUT2D eigenvalue weighted by Crippen LogP contribution is 2.37. The van der Waals surface area contributed by atoms with E-state index in [0.717, 1.165) is 31.6 Å². The van der Waals surface area contributed by atoms with E-state index >= 15 is 0 Å². The van der Waals surface area contributed by atoms with Crippen molar-refractivity contribution in [1.29, 1.82) is 5.26 Å². The summed E-state index contributed by atoms with van der Waals surface area (Å²) in [6, 6.07) is 16.4. The number of thiophene rings is 2. The molecule has 130 valence electrons. The number of carbonyl (C=O) groups is 1. The number of nitrogens with one attached hydrogen (secondary N) is 1. The number of rotatable bonds is 4. The first-order valence-corrected chi connectivity index (χ1v) is 10.1. The van der Waals surface area contributed by atoms with Crippen LogP contribution in [0.1, 0.15) is 31.2 Å². The SMILES string of the molecule is N#Cc1c(NC(=O)c2cccs2)sc2c1CCN(Cc1ccccc1)C2. The lowest BCUT2D eigenvalue weighted by atomic mass is 10.0. The second-order valence-electron chi connectivity index (χ2n) is 6.20. The molecule has 2 aromatic heterocycles. The van der Waals surface area contributed by atoms with Gasteiger partial charge in [0.15, 0.2) is 0 Å². The van der Waals surface area contributed by atoms with Crippen molar-refractivity contribution in [3.8, 4) is 6.07 Å². The highest BCUT2D eigenvalue weighted by atomic mass is 32.1. The van der Waals surface area contributed by atoms with Gasteiger partial charge in [0.2, 0.25) is 0 Å². The van der Waals surface area contributed by atoms with Crippen LogP contribution in [0.15, 0.2) is 47.8 Å². The predicted octanol–water partition coefficient (Wildman–Crippen LogP) is 4.49. The van der Waals surface area contributed by atoms with Gasteiger partial charge in [-0.3, -0.25) is 9.69 Å². The predicted molar refractivity (Wildman–Crippen MR) is 106 cm³/mol. The fraction of sp³-hybridized carbons (Fsp3) is 0.200. The summed E-state index contributed by atoms with van der Waals surface area (Å²) in [7, 11) is 0. The Labute approximate surface area is 160 Å². The minimum atomic E-state index is -0.142. The number of carbonyl (C=O) groups excluding carboxylic acids is 1. The number of amides is 1. The van der Waals surface area contributed by atoms with Crippen LogP contribution in [0.25, 0.3) is 0 Å². The highest BCUT2D eigenvalue weighted by molar-refractivity contribution is 7.17. The van der Waals surface area contributed by atoms with E-state index in [1.807, 2.05) is 17.5 Å². The van der Waals surface area contributed by atoms with Crippen LogP contribution in [0.2, 0.25) is 0 Å². The van der Waals surface area contributed by atoms with Crippen molar-refractivity contribution in [3.63, 3.8) is 0 Å². The van der Waals surface area contributed by atoms with Crippen LogP contribution in [0.5, 0.6) is 0 Å². The van der Waals surface area contributed by atoms with E-state index in [-0.39, 0.29) is 5.91 Å². The smallest absolute Gasteiger partial charge is 0.266 e. The van der Waals surface area contributed by atoms with Gasteiger partial charge in [-0.2, -0.15) is 5.26 Å². The summed E-state index contributed by atoms with van der Waals surface area (Å²) in [5.41, 5.74) is 3.02. The average molecular weight is 380 g/mol. The molecule has 0 unspecified atom stereocenters. The van der Waals surface area contributed by atoms with Crippen LogP contribution in [0.3, 0.4) is 0 Å². The molecule has 0 fully saturated rings. The second-order valence-corrected chi connectivity index (χ2v) is 8.25. The Morgan fingerprint density at radius 2 is 2.08 bits per heavy atom. The minimum absolute atomic E-state index is 0.142. The van der Waals surface area contributed by atoms with Crippen molar-refractivity contribution in [3.05, 3.63) is 74.3 Å². The Hall–Kier alpha value is -2.46. The molecule has 6 heteroatoms. The largest absolute Gasteiger partial charge is 0.312 e. The zero-order valence-electron chi connectivity index (χ0n) is 14.1. The fourth-order valence-electron chi connectivity index (χ4n) is 3.21. The maximum atomic E-state index is 12.3. The van der Waals surface area contributed by atoms with Crippen molar-refractivity contribution >= 4 is 33.6 Å². The number of nitriles is 1. The van der Waals surface area contributed by atoms with Gasteiger partial charge in [-0.05, 0) is 29.0 Å². The summed E-state index contributed by atoms with van der Waals surface area (Å²) < 4.78 is 0. The number of fused-ring (bicyclic) bond motifs is 1. The number of hydrogen-bond donors (Lipinski definition) is 1. The number of benzene rings is 1. The molecule has 1 aliphatic heterocycles. The summed E-state index contributed by atoms with van der Waals surface area (Å²) in [5, 5.41) is 15.1. The van der Waals surface area contributed by atoms with Crippen molar-refractivity contribution in [2.45, 2.75) is 19.5 Å². The zero-order chi connectivity index (χ0) is 17.9. The van der Waals surface area contributed by atoms with E-state index in [2.05, 4.69) is 40.6 Å². The van der Waals surface area contributed by atoms with E-state index in [9.17, 15) is 10.1 Å². The van der Waals surface area contributed by atoms with E-state index in [1.165, 1.54) is 33.1 Å². The zero-order valence-corrected chi connectivity index (χ0v) is 15.7. The lowest BCUT2D eigenvalue weighted by Crippen LogP contribution is -2.29. The summed E-state index contributed by atoms with van der Waals surface area (Å²) in [5.74, 6) is -0.142. The molecule has 26 heavy (non-hydrogen) atoms. The summed E-state index contributed by atoms with van der Waals surface area (Å²) in [6.45, 7) is 2.64. The minimum Gasteiger partial charge on any atom is -0.312 e. The van der Waals surface area contributed by atoms with E-state index in [4.69, 9.17) is 0 Å². The van der Waals surface area contributed by atoms with Gasteiger partial charge < -0.3 is 5.32 Å². The third-order valence-electron chi connectivity index (χ3n) is 4.47. The Morgan fingerprint density at radius 3 is 2.81 bits per heavy atom. The van der Waals surface area contributed by atoms with E-state index < -0.39 is 0 Å². The summed E-state index contributed by atoms with van der Waals surface area (Å²) in [4.78, 5) is 16.6. The maximum absolute atomic E-state index is 12.3. The fourth-order valence-corrected chi connectivity index (χ4v) is 5.07. The van der Waals surface area contributed by atoms with Gasteiger partial charge in [-0.1, -0.05) is 36.4 Å². The van der Waals surface area contributed by atoms with Crippen LogP contribution in [-0.4, -0.2) is 17.4 Å². The molecular formula is C20H17N3OS2. The van der Waals surface area contributed by atoms with Crippen molar-refractivity contribution < 1.29 is 4.79 Å². The molecule has 0 saturated heterocycles. The Morgan fingerprint density at radius 1 is 1.23 bits per heavy atom. The van der Waals surface area contributed by atoms with Gasteiger partial charge in [0.1, 0.15) is 11.1 Å². The molecule has 1 aliphatic rings. The molecule has 0 radical (unpaired) electrons. The Balaban J connectivity index is 1.53. The van der Waals surface area contributed by atoms with Crippen LogP contribution >= 0.6 is 22.7 Å². The average Bonchev–Trinajstić information content (AvgIpc) is 3.29. The first-order valence-electron chi connectivity index (χ1n) is 8.40. The number of anilines is 1. The first kappa shape index (κ1) is 17.0. The van der Waals surface area contributed by atoms with Crippen molar-refractivity contribution in [2.24, 2.45) is 0 Å². The van der Waals surface area contributed by atoms with Crippen LogP contribution in [0, 0.1) is 11.3 Å². The van der Waals surface area contributed by atoms with E-state index in [1.54, 1.807) is 6.07 Å². The van der Waals surface area contributed by atoms with Gasteiger partial charge in [0, 0.05) is 24.5 Å². The van der Waals surface area contributed by atoms with Gasteiger partial charge >= 0.3 is 0 Å². The van der Waals surface area contributed by atoms with E-state index in [0.29, 0.717) is 15.4 Å². The highest BCUT2D eigenvalue weighted by Gasteiger charge is 2.25. The molecule has 4 nitrogen and oxygen atoms in total. The molecule has 1 amide bonds. The van der Waals surface area contributed by atoms with Crippen LogP contribution in [0.4, 0.5) is 5.00 Å².